The van der Waals surface area contributed by atoms with Gasteiger partial charge in [-0.25, -0.2) is 0 Å². The van der Waals surface area contributed by atoms with E-state index in [-0.39, 0.29) is 5.91 Å². The van der Waals surface area contributed by atoms with E-state index in [2.05, 4.69) is 29.4 Å². The summed E-state index contributed by atoms with van der Waals surface area (Å²) >= 11 is 0. The zero-order valence-electron chi connectivity index (χ0n) is 14.3. The van der Waals surface area contributed by atoms with E-state index in [0.717, 1.165) is 29.0 Å². The van der Waals surface area contributed by atoms with Crippen molar-refractivity contribution in [2.24, 2.45) is 5.92 Å². The number of amides is 1. The van der Waals surface area contributed by atoms with Gasteiger partial charge >= 0.3 is 0 Å². The lowest BCUT2D eigenvalue weighted by atomic mass is 10.1. The number of para-hydroxylation sites is 1. The number of nitrogens with zero attached hydrogens (tertiary/aromatic N) is 1. The summed E-state index contributed by atoms with van der Waals surface area (Å²) in [5.41, 5.74) is 3.61. The summed E-state index contributed by atoms with van der Waals surface area (Å²) in [5.74, 6) is 1.24. The SMILES string of the molecule is Cc1cccc(C)c1OCCNC(=O)c1cc(CC(C)C)[nH]n1. The highest BCUT2D eigenvalue weighted by Gasteiger charge is 2.11. The zero-order chi connectivity index (χ0) is 16.8. The van der Waals surface area contributed by atoms with Gasteiger partial charge in [0.15, 0.2) is 0 Å². The molecule has 0 atom stereocenters. The van der Waals surface area contributed by atoms with Crippen molar-refractivity contribution in [1.29, 1.82) is 0 Å². The van der Waals surface area contributed by atoms with Gasteiger partial charge in [0.1, 0.15) is 18.1 Å². The number of carbonyl (C=O) groups is 1. The van der Waals surface area contributed by atoms with Gasteiger partial charge in [0.25, 0.3) is 5.91 Å². The molecule has 1 aromatic carbocycles. The first-order valence-electron chi connectivity index (χ1n) is 7.99. The topological polar surface area (TPSA) is 67.0 Å². The number of benzene rings is 1. The van der Waals surface area contributed by atoms with E-state index < -0.39 is 0 Å². The number of aromatic nitrogens is 2. The van der Waals surface area contributed by atoms with E-state index in [1.165, 1.54) is 0 Å². The van der Waals surface area contributed by atoms with E-state index in [0.29, 0.717) is 24.8 Å². The molecular formula is C18H25N3O2. The van der Waals surface area contributed by atoms with Crippen molar-refractivity contribution in [2.75, 3.05) is 13.2 Å². The molecule has 1 heterocycles. The van der Waals surface area contributed by atoms with E-state index in [1.807, 2.05) is 38.1 Å². The summed E-state index contributed by atoms with van der Waals surface area (Å²) in [5, 5.41) is 9.79. The van der Waals surface area contributed by atoms with Gasteiger partial charge in [-0.2, -0.15) is 5.10 Å². The second-order valence-corrected chi connectivity index (χ2v) is 6.20. The maximum Gasteiger partial charge on any atom is 0.271 e. The Kier molecular flexibility index (Phi) is 5.79. The molecule has 23 heavy (non-hydrogen) atoms. The summed E-state index contributed by atoms with van der Waals surface area (Å²) in [6, 6.07) is 7.84. The number of aryl methyl sites for hydroxylation is 2. The van der Waals surface area contributed by atoms with Gasteiger partial charge in [-0.15, -0.1) is 0 Å². The third-order valence-electron chi connectivity index (χ3n) is 3.53. The van der Waals surface area contributed by atoms with E-state index in [1.54, 1.807) is 0 Å². The molecule has 0 aliphatic carbocycles. The van der Waals surface area contributed by atoms with Crippen LogP contribution in [0.25, 0.3) is 0 Å². The van der Waals surface area contributed by atoms with E-state index in [4.69, 9.17) is 4.74 Å². The minimum atomic E-state index is -0.179. The molecule has 1 amide bonds. The Labute approximate surface area is 137 Å². The minimum absolute atomic E-state index is 0.179. The second-order valence-electron chi connectivity index (χ2n) is 6.20. The molecule has 2 aromatic rings. The summed E-state index contributed by atoms with van der Waals surface area (Å²) in [6.45, 7) is 9.17. The molecule has 0 fully saturated rings. The van der Waals surface area contributed by atoms with E-state index >= 15 is 0 Å². The van der Waals surface area contributed by atoms with Crippen LogP contribution in [0.1, 0.15) is 41.2 Å². The van der Waals surface area contributed by atoms with Crippen LogP contribution in [0.2, 0.25) is 0 Å². The molecule has 0 radical (unpaired) electrons. The number of rotatable bonds is 7. The third-order valence-corrected chi connectivity index (χ3v) is 3.53. The molecule has 0 aliphatic heterocycles. The third kappa shape index (κ3) is 4.84. The fraction of sp³-hybridized carbons (Fsp3) is 0.444. The van der Waals surface area contributed by atoms with Gasteiger partial charge < -0.3 is 10.1 Å². The summed E-state index contributed by atoms with van der Waals surface area (Å²) in [7, 11) is 0. The second kappa shape index (κ2) is 7.81. The lowest BCUT2D eigenvalue weighted by Gasteiger charge is -2.12. The Balaban J connectivity index is 1.80. The number of H-pyrrole nitrogens is 1. The molecule has 5 nitrogen and oxygen atoms in total. The van der Waals surface area contributed by atoms with Crippen LogP contribution in [0.4, 0.5) is 0 Å². The molecule has 5 heteroatoms. The van der Waals surface area contributed by atoms with Crippen molar-refractivity contribution < 1.29 is 9.53 Å². The molecule has 124 valence electrons. The van der Waals surface area contributed by atoms with Crippen molar-refractivity contribution in [2.45, 2.75) is 34.1 Å². The maximum atomic E-state index is 12.0. The fourth-order valence-corrected chi connectivity index (χ4v) is 2.46. The number of carbonyl (C=O) groups excluding carboxylic acids is 1. The minimum Gasteiger partial charge on any atom is -0.491 e. The first kappa shape index (κ1) is 17.1. The Bertz CT molecular complexity index is 642. The molecule has 0 unspecified atom stereocenters. The maximum absolute atomic E-state index is 12.0. The van der Waals surface area contributed by atoms with Crippen LogP contribution in [0.15, 0.2) is 24.3 Å². The Morgan fingerprint density at radius 3 is 2.65 bits per heavy atom. The van der Waals surface area contributed by atoms with Crippen LogP contribution in [0.5, 0.6) is 5.75 Å². The van der Waals surface area contributed by atoms with Crippen molar-refractivity contribution in [3.8, 4) is 5.75 Å². The molecule has 2 rings (SSSR count). The standard InChI is InChI=1S/C18H25N3O2/c1-12(2)10-15-11-16(21-20-15)18(22)19-8-9-23-17-13(3)6-5-7-14(17)4/h5-7,11-12H,8-10H2,1-4H3,(H,19,22)(H,20,21). The molecule has 2 N–H and O–H groups in total. The highest BCUT2D eigenvalue weighted by atomic mass is 16.5. The predicted octanol–water partition coefficient (Wildman–Crippen LogP) is 3.03. The predicted molar refractivity (Wildman–Crippen MR) is 90.9 cm³/mol. The molecule has 0 aliphatic rings. The van der Waals surface area contributed by atoms with Crippen molar-refractivity contribution in [3.05, 3.63) is 46.8 Å². The van der Waals surface area contributed by atoms with Gasteiger partial charge in [-0.1, -0.05) is 32.0 Å². The van der Waals surface area contributed by atoms with Crippen molar-refractivity contribution >= 4 is 5.91 Å². The molecule has 0 spiro atoms. The Hall–Kier alpha value is -2.30. The molecule has 0 saturated carbocycles. The van der Waals surface area contributed by atoms with Crippen molar-refractivity contribution in [3.63, 3.8) is 0 Å². The van der Waals surface area contributed by atoms with Gasteiger partial charge in [-0.3, -0.25) is 9.89 Å². The highest BCUT2D eigenvalue weighted by molar-refractivity contribution is 5.92. The lowest BCUT2D eigenvalue weighted by molar-refractivity contribution is 0.0942. The average Bonchev–Trinajstić information content (AvgIpc) is 2.93. The molecule has 1 aromatic heterocycles. The highest BCUT2D eigenvalue weighted by Crippen LogP contribution is 2.21. The smallest absolute Gasteiger partial charge is 0.271 e. The fourth-order valence-electron chi connectivity index (χ4n) is 2.46. The molecular weight excluding hydrogens is 290 g/mol. The largest absolute Gasteiger partial charge is 0.491 e. The molecule has 0 saturated heterocycles. The normalized spacial score (nSPS) is 10.8. The van der Waals surface area contributed by atoms with E-state index in [9.17, 15) is 4.79 Å². The molecule has 0 bridgehead atoms. The summed E-state index contributed by atoms with van der Waals surface area (Å²) < 4.78 is 5.77. The lowest BCUT2D eigenvalue weighted by Crippen LogP contribution is -2.28. The quantitative estimate of drug-likeness (QED) is 0.772. The van der Waals surface area contributed by atoms with Crippen LogP contribution in [0.3, 0.4) is 0 Å². The van der Waals surface area contributed by atoms with Crippen LogP contribution in [-0.4, -0.2) is 29.3 Å². The van der Waals surface area contributed by atoms with Gasteiger partial charge in [0.2, 0.25) is 0 Å². The van der Waals surface area contributed by atoms with Crippen molar-refractivity contribution in [1.82, 2.24) is 15.5 Å². The number of hydrogen-bond acceptors (Lipinski definition) is 3. The number of hydrogen-bond donors (Lipinski definition) is 2. The van der Waals surface area contributed by atoms with Gasteiger partial charge in [-0.05, 0) is 43.4 Å². The summed E-state index contributed by atoms with van der Waals surface area (Å²) in [4.78, 5) is 12.0. The first-order valence-corrected chi connectivity index (χ1v) is 7.99. The Morgan fingerprint density at radius 1 is 1.30 bits per heavy atom. The number of nitrogens with one attached hydrogen (secondary N) is 2. The van der Waals surface area contributed by atoms with Crippen LogP contribution in [-0.2, 0) is 6.42 Å². The van der Waals surface area contributed by atoms with Gasteiger partial charge in [0.05, 0.1) is 6.54 Å². The van der Waals surface area contributed by atoms with Crippen LogP contribution < -0.4 is 10.1 Å². The van der Waals surface area contributed by atoms with Gasteiger partial charge in [0, 0.05) is 5.69 Å². The zero-order valence-corrected chi connectivity index (χ0v) is 14.3. The first-order chi connectivity index (χ1) is 11.0. The number of aromatic amines is 1. The Morgan fingerprint density at radius 2 is 2.00 bits per heavy atom. The van der Waals surface area contributed by atoms with Crippen LogP contribution >= 0.6 is 0 Å². The van der Waals surface area contributed by atoms with Crippen LogP contribution in [0, 0.1) is 19.8 Å². The average molecular weight is 315 g/mol. The summed E-state index contributed by atoms with van der Waals surface area (Å²) in [6.07, 6.45) is 0.885. The monoisotopic (exact) mass is 315 g/mol. The number of ether oxygens (including phenoxy) is 1.